The van der Waals surface area contributed by atoms with Crippen LogP contribution in [0.5, 0.6) is 0 Å². The SMILES string of the molecule is Cc1cc(-c2cc(I)cc3c(C)c(C(N)=O)[nH]c23)ccc1F. The topological polar surface area (TPSA) is 58.9 Å². The molecular weight excluding hydrogens is 394 g/mol. The number of amides is 1. The first-order valence-electron chi connectivity index (χ1n) is 6.76. The number of halogens is 2. The number of benzene rings is 2. The van der Waals surface area contributed by atoms with Gasteiger partial charge in [-0.1, -0.05) is 6.07 Å². The second-order valence-electron chi connectivity index (χ2n) is 5.33. The van der Waals surface area contributed by atoms with Gasteiger partial charge in [-0.2, -0.15) is 0 Å². The number of carbonyl (C=O) groups excluding carboxylic acids is 1. The van der Waals surface area contributed by atoms with Crippen molar-refractivity contribution in [1.29, 1.82) is 0 Å². The molecule has 0 fully saturated rings. The van der Waals surface area contributed by atoms with Gasteiger partial charge in [-0.3, -0.25) is 4.79 Å². The number of hydrogen-bond acceptors (Lipinski definition) is 1. The molecule has 0 bridgehead atoms. The molecule has 3 aromatic rings. The van der Waals surface area contributed by atoms with Crippen LogP contribution in [0.4, 0.5) is 4.39 Å². The van der Waals surface area contributed by atoms with Crippen LogP contribution in [0.25, 0.3) is 22.0 Å². The molecule has 5 heteroatoms. The van der Waals surface area contributed by atoms with Gasteiger partial charge >= 0.3 is 0 Å². The summed E-state index contributed by atoms with van der Waals surface area (Å²) in [7, 11) is 0. The largest absolute Gasteiger partial charge is 0.364 e. The van der Waals surface area contributed by atoms with Gasteiger partial charge in [0.2, 0.25) is 0 Å². The highest BCUT2D eigenvalue weighted by Crippen LogP contribution is 2.34. The Hall–Kier alpha value is -1.89. The lowest BCUT2D eigenvalue weighted by Gasteiger charge is -2.07. The number of primary amides is 1. The molecule has 1 aromatic heterocycles. The number of fused-ring (bicyclic) bond motifs is 1. The van der Waals surface area contributed by atoms with Gasteiger partial charge in [0.15, 0.2) is 0 Å². The second-order valence-corrected chi connectivity index (χ2v) is 6.57. The lowest BCUT2D eigenvalue weighted by Crippen LogP contribution is -2.12. The summed E-state index contributed by atoms with van der Waals surface area (Å²) in [6.45, 7) is 3.60. The number of nitrogens with two attached hydrogens (primary N) is 1. The van der Waals surface area contributed by atoms with Crippen LogP contribution in [0.15, 0.2) is 30.3 Å². The van der Waals surface area contributed by atoms with Gasteiger partial charge in [-0.15, -0.1) is 0 Å². The maximum Gasteiger partial charge on any atom is 0.265 e. The smallest absolute Gasteiger partial charge is 0.265 e. The van der Waals surface area contributed by atoms with E-state index in [0.29, 0.717) is 11.3 Å². The zero-order valence-electron chi connectivity index (χ0n) is 12.1. The van der Waals surface area contributed by atoms with Crippen molar-refractivity contribution in [2.75, 3.05) is 0 Å². The molecule has 0 spiro atoms. The average Bonchev–Trinajstić information content (AvgIpc) is 2.79. The third kappa shape index (κ3) is 2.39. The van der Waals surface area contributed by atoms with Crippen LogP contribution >= 0.6 is 22.6 Å². The van der Waals surface area contributed by atoms with Gasteiger partial charge in [0.05, 0.1) is 5.52 Å². The molecule has 0 saturated carbocycles. The average molecular weight is 408 g/mol. The molecule has 0 aliphatic heterocycles. The highest BCUT2D eigenvalue weighted by atomic mass is 127. The van der Waals surface area contributed by atoms with Crippen molar-refractivity contribution >= 4 is 39.4 Å². The van der Waals surface area contributed by atoms with E-state index in [-0.39, 0.29) is 5.82 Å². The number of aromatic nitrogens is 1. The van der Waals surface area contributed by atoms with Crippen LogP contribution in [0.3, 0.4) is 0 Å². The molecule has 22 heavy (non-hydrogen) atoms. The fourth-order valence-corrected chi connectivity index (χ4v) is 3.30. The van der Waals surface area contributed by atoms with Crippen LogP contribution in [-0.4, -0.2) is 10.9 Å². The summed E-state index contributed by atoms with van der Waals surface area (Å²) in [6.07, 6.45) is 0. The predicted octanol–water partition coefficient (Wildman–Crippen LogP) is 4.29. The van der Waals surface area contributed by atoms with Crippen LogP contribution in [0.2, 0.25) is 0 Å². The molecule has 0 radical (unpaired) electrons. The maximum atomic E-state index is 13.5. The van der Waals surface area contributed by atoms with E-state index < -0.39 is 5.91 Å². The minimum absolute atomic E-state index is 0.230. The number of H-pyrrole nitrogens is 1. The van der Waals surface area contributed by atoms with Gasteiger partial charge < -0.3 is 10.7 Å². The molecule has 1 amide bonds. The quantitative estimate of drug-likeness (QED) is 0.611. The van der Waals surface area contributed by atoms with Gasteiger partial charge in [0.1, 0.15) is 11.5 Å². The molecule has 0 aliphatic carbocycles. The molecule has 3 rings (SSSR count). The van der Waals surface area contributed by atoms with Crippen LogP contribution in [0.1, 0.15) is 21.6 Å². The zero-order valence-corrected chi connectivity index (χ0v) is 14.3. The van der Waals surface area contributed by atoms with E-state index in [1.54, 1.807) is 19.1 Å². The Morgan fingerprint density at radius 1 is 1.23 bits per heavy atom. The van der Waals surface area contributed by atoms with E-state index in [2.05, 4.69) is 27.6 Å². The second kappa shape index (κ2) is 5.39. The van der Waals surface area contributed by atoms with Crippen molar-refractivity contribution < 1.29 is 9.18 Å². The summed E-state index contributed by atoms with van der Waals surface area (Å²) in [5.74, 6) is -0.712. The number of hydrogen-bond donors (Lipinski definition) is 2. The molecule has 3 nitrogen and oxygen atoms in total. The van der Waals surface area contributed by atoms with E-state index in [1.807, 2.05) is 19.1 Å². The van der Waals surface area contributed by atoms with Crippen LogP contribution in [-0.2, 0) is 0 Å². The summed E-state index contributed by atoms with van der Waals surface area (Å²) in [5, 5.41) is 0.956. The van der Waals surface area contributed by atoms with Gasteiger partial charge in [-0.25, -0.2) is 4.39 Å². The zero-order chi connectivity index (χ0) is 16.0. The van der Waals surface area contributed by atoms with Crippen molar-refractivity contribution in [1.82, 2.24) is 4.98 Å². The molecule has 0 atom stereocenters. The molecule has 3 N–H and O–H groups in total. The van der Waals surface area contributed by atoms with Crippen LogP contribution in [0, 0.1) is 23.2 Å². The monoisotopic (exact) mass is 408 g/mol. The summed E-state index contributed by atoms with van der Waals surface area (Å²) >= 11 is 2.23. The van der Waals surface area contributed by atoms with E-state index in [9.17, 15) is 9.18 Å². The third-order valence-corrected chi connectivity index (χ3v) is 4.47. The van der Waals surface area contributed by atoms with Crippen molar-refractivity contribution in [3.05, 3.63) is 56.5 Å². The van der Waals surface area contributed by atoms with Crippen LogP contribution < -0.4 is 5.73 Å². The van der Waals surface area contributed by atoms with E-state index >= 15 is 0 Å². The Balaban J connectivity index is 2.35. The molecule has 2 aromatic carbocycles. The molecular formula is C17H14FIN2O. The van der Waals surface area contributed by atoms with Crippen molar-refractivity contribution in [2.45, 2.75) is 13.8 Å². The normalized spacial score (nSPS) is 11.1. The van der Waals surface area contributed by atoms with Crippen molar-refractivity contribution in [3.8, 4) is 11.1 Å². The highest BCUT2D eigenvalue weighted by molar-refractivity contribution is 14.1. The Bertz CT molecular complexity index is 915. The van der Waals surface area contributed by atoms with E-state index in [0.717, 1.165) is 31.2 Å². The predicted molar refractivity (Wildman–Crippen MR) is 94.4 cm³/mol. The standard InChI is InChI=1S/C17H14FIN2O/c1-8-5-10(3-4-14(8)18)13-7-11(19)6-12-9(2)15(17(20)22)21-16(12)13/h3-7,21H,1-2H3,(H2,20,22). The Morgan fingerprint density at radius 2 is 1.95 bits per heavy atom. The fourth-order valence-electron chi connectivity index (χ4n) is 2.68. The lowest BCUT2D eigenvalue weighted by molar-refractivity contribution is 0.0996. The molecule has 0 unspecified atom stereocenters. The Labute approximate surface area is 140 Å². The first kappa shape index (κ1) is 15.0. The van der Waals surface area contributed by atoms with Crippen molar-refractivity contribution in [3.63, 3.8) is 0 Å². The molecule has 0 aliphatic rings. The third-order valence-electron chi connectivity index (χ3n) is 3.85. The van der Waals surface area contributed by atoms with E-state index in [4.69, 9.17) is 5.73 Å². The number of carbonyl (C=O) groups is 1. The summed E-state index contributed by atoms with van der Waals surface area (Å²) in [6, 6.07) is 9.03. The minimum Gasteiger partial charge on any atom is -0.364 e. The molecule has 0 saturated heterocycles. The number of aromatic amines is 1. The summed E-state index contributed by atoms with van der Waals surface area (Å²) in [4.78, 5) is 14.7. The number of aryl methyl sites for hydroxylation is 2. The first-order chi connectivity index (χ1) is 10.4. The maximum absolute atomic E-state index is 13.5. The summed E-state index contributed by atoms with van der Waals surface area (Å²) < 4.78 is 14.6. The van der Waals surface area contributed by atoms with Gasteiger partial charge in [0.25, 0.3) is 5.91 Å². The lowest BCUT2D eigenvalue weighted by atomic mass is 10.00. The number of rotatable bonds is 2. The van der Waals surface area contributed by atoms with E-state index in [1.165, 1.54) is 6.07 Å². The minimum atomic E-state index is -0.482. The molecule has 1 heterocycles. The summed E-state index contributed by atoms with van der Waals surface area (Å²) in [5.41, 5.74) is 9.94. The van der Waals surface area contributed by atoms with Gasteiger partial charge in [0, 0.05) is 14.5 Å². The highest BCUT2D eigenvalue weighted by Gasteiger charge is 2.16. The fraction of sp³-hybridized carbons (Fsp3) is 0.118. The van der Waals surface area contributed by atoms with Crippen molar-refractivity contribution in [2.24, 2.45) is 5.73 Å². The molecule has 112 valence electrons. The number of nitrogens with one attached hydrogen (secondary N) is 1. The first-order valence-corrected chi connectivity index (χ1v) is 7.84. The Morgan fingerprint density at radius 3 is 2.59 bits per heavy atom. The Kier molecular flexibility index (Phi) is 3.68. The van der Waals surface area contributed by atoms with Gasteiger partial charge in [-0.05, 0) is 77.4 Å².